The first-order valence-electron chi connectivity index (χ1n) is 5.53. The summed E-state index contributed by atoms with van der Waals surface area (Å²) in [5.41, 5.74) is -0.625. The molecule has 0 heterocycles. The number of rotatable bonds is 4. The Balaban J connectivity index is 2.31. The Bertz CT molecular complexity index is 696. The van der Waals surface area contributed by atoms with Crippen LogP contribution in [-0.2, 0) is 0 Å². The highest BCUT2D eigenvalue weighted by Gasteiger charge is 2.16. The van der Waals surface area contributed by atoms with Gasteiger partial charge in [-0.25, -0.2) is 13.6 Å². The molecule has 0 aromatic heterocycles. The summed E-state index contributed by atoms with van der Waals surface area (Å²) in [5.74, 6) is -3.44. The van der Waals surface area contributed by atoms with Crippen LogP contribution in [0.1, 0.15) is 10.4 Å². The lowest BCUT2D eigenvalue weighted by Gasteiger charge is -2.06. The minimum atomic E-state index is -1.43. The first kappa shape index (κ1) is 14.9. The van der Waals surface area contributed by atoms with E-state index in [1.165, 1.54) is 24.3 Å². The van der Waals surface area contributed by atoms with E-state index in [1.54, 1.807) is 0 Å². The highest BCUT2D eigenvalue weighted by Crippen LogP contribution is 2.33. The van der Waals surface area contributed by atoms with Crippen LogP contribution in [0.25, 0.3) is 0 Å². The van der Waals surface area contributed by atoms with E-state index in [0.717, 1.165) is 12.1 Å². The molecule has 2 rings (SSSR count). The highest BCUT2D eigenvalue weighted by atomic mass is 32.2. The predicted octanol–water partition coefficient (Wildman–Crippen LogP) is 3.72. The number of benzene rings is 2. The molecule has 1 N–H and O–H groups in total. The van der Waals surface area contributed by atoms with Crippen molar-refractivity contribution < 1.29 is 23.6 Å². The number of aromatic carboxylic acids is 1. The third-order valence-corrected chi connectivity index (χ3v) is 3.61. The van der Waals surface area contributed by atoms with Gasteiger partial charge in [0.05, 0.1) is 15.4 Å². The fourth-order valence-electron chi connectivity index (χ4n) is 1.53. The molecule has 21 heavy (non-hydrogen) atoms. The van der Waals surface area contributed by atoms with Crippen LogP contribution in [0.5, 0.6) is 0 Å². The van der Waals surface area contributed by atoms with Crippen LogP contribution in [0.4, 0.5) is 14.5 Å². The number of nitro benzene ring substituents is 1. The summed E-state index contributed by atoms with van der Waals surface area (Å²) in [5, 5.41) is 19.2. The second-order valence-electron chi connectivity index (χ2n) is 3.93. The van der Waals surface area contributed by atoms with E-state index in [4.69, 9.17) is 5.11 Å². The van der Waals surface area contributed by atoms with Crippen molar-refractivity contribution in [3.63, 3.8) is 0 Å². The van der Waals surface area contributed by atoms with E-state index in [9.17, 15) is 23.7 Å². The van der Waals surface area contributed by atoms with Crippen molar-refractivity contribution in [3.05, 3.63) is 63.7 Å². The van der Waals surface area contributed by atoms with Gasteiger partial charge < -0.3 is 5.11 Å². The van der Waals surface area contributed by atoms with Crippen molar-refractivity contribution in [2.75, 3.05) is 0 Å². The summed E-state index contributed by atoms with van der Waals surface area (Å²) >= 11 is 0.716. The molecular formula is C13H7F2NO4S. The van der Waals surface area contributed by atoms with Gasteiger partial charge in [0.1, 0.15) is 11.6 Å². The standard InChI is InChI=1S/C13H7F2NO4S/c14-10-5-7(13(17)18)6-11(15)12(10)21-9-3-1-8(2-4-9)16(19)20/h1-6H,(H,17,18). The number of carboxylic acids is 1. The zero-order valence-electron chi connectivity index (χ0n) is 10.2. The van der Waals surface area contributed by atoms with Gasteiger partial charge in [0.25, 0.3) is 5.69 Å². The maximum Gasteiger partial charge on any atom is 0.335 e. The largest absolute Gasteiger partial charge is 0.478 e. The third-order valence-electron chi connectivity index (χ3n) is 2.51. The van der Waals surface area contributed by atoms with Crippen molar-refractivity contribution in [3.8, 4) is 0 Å². The summed E-state index contributed by atoms with van der Waals surface area (Å²) in [7, 11) is 0. The van der Waals surface area contributed by atoms with Crippen LogP contribution in [0.15, 0.2) is 46.2 Å². The molecule has 0 bridgehead atoms. The quantitative estimate of drug-likeness (QED) is 0.687. The zero-order valence-corrected chi connectivity index (χ0v) is 11.1. The van der Waals surface area contributed by atoms with E-state index in [1.807, 2.05) is 0 Å². The molecule has 0 radical (unpaired) electrons. The molecule has 0 amide bonds. The Morgan fingerprint density at radius 1 is 1.14 bits per heavy atom. The molecule has 0 atom stereocenters. The first-order valence-corrected chi connectivity index (χ1v) is 6.35. The van der Waals surface area contributed by atoms with E-state index >= 15 is 0 Å². The molecule has 0 aliphatic heterocycles. The van der Waals surface area contributed by atoms with Crippen molar-refractivity contribution in [1.82, 2.24) is 0 Å². The Morgan fingerprint density at radius 2 is 1.67 bits per heavy atom. The van der Waals surface area contributed by atoms with Crippen LogP contribution in [0, 0.1) is 21.7 Å². The maximum absolute atomic E-state index is 13.7. The molecule has 0 unspecified atom stereocenters. The van der Waals surface area contributed by atoms with Crippen LogP contribution in [0.3, 0.4) is 0 Å². The van der Waals surface area contributed by atoms with Gasteiger partial charge in [0, 0.05) is 17.0 Å². The first-order chi connectivity index (χ1) is 9.88. The summed E-state index contributed by atoms with van der Waals surface area (Å²) in [6.07, 6.45) is 0. The third kappa shape index (κ3) is 3.34. The molecule has 5 nitrogen and oxygen atoms in total. The van der Waals surface area contributed by atoms with Gasteiger partial charge >= 0.3 is 5.97 Å². The zero-order chi connectivity index (χ0) is 15.6. The number of hydrogen-bond acceptors (Lipinski definition) is 4. The van der Waals surface area contributed by atoms with Crippen molar-refractivity contribution in [1.29, 1.82) is 0 Å². The Labute approximate surface area is 121 Å². The number of carbonyl (C=O) groups is 1. The number of hydrogen-bond donors (Lipinski definition) is 1. The number of carboxylic acid groups (broad SMARTS) is 1. The van der Waals surface area contributed by atoms with Gasteiger partial charge in [-0.15, -0.1) is 0 Å². The SMILES string of the molecule is O=C(O)c1cc(F)c(Sc2ccc([N+](=O)[O-])cc2)c(F)c1. The smallest absolute Gasteiger partial charge is 0.335 e. The maximum atomic E-state index is 13.7. The molecule has 0 fully saturated rings. The average molecular weight is 311 g/mol. The summed E-state index contributed by atoms with van der Waals surface area (Å²) in [6.45, 7) is 0. The van der Waals surface area contributed by atoms with Crippen LogP contribution >= 0.6 is 11.8 Å². The Morgan fingerprint density at radius 3 is 2.10 bits per heavy atom. The monoisotopic (exact) mass is 311 g/mol. The second kappa shape index (κ2) is 5.88. The lowest BCUT2D eigenvalue weighted by Crippen LogP contribution is -2.00. The van der Waals surface area contributed by atoms with Gasteiger partial charge in [-0.1, -0.05) is 11.8 Å². The average Bonchev–Trinajstić information content (AvgIpc) is 2.43. The molecule has 2 aromatic rings. The molecule has 0 saturated heterocycles. The molecule has 0 saturated carbocycles. The minimum Gasteiger partial charge on any atom is -0.478 e. The summed E-state index contributed by atoms with van der Waals surface area (Å²) < 4.78 is 27.5. The van der Waals surface area contributed by atoms with Crippen LogP contribution < -0.4 is 0 Å². The van der Waals surface area contributed by atoms with E-state index in [0.29, 0.717) is 16.7 Å². The summed E-state index contributed by atoms with van der Waals surface area (Å²) in [6, 6.07) is 6.57. The van der Waals surface area contributed by atoms with Crippen LogP contribution in [0.2, 0.25) is 0 Å². The Hall–Kier alpha value is -2.48. The van der Waals surface area contributed by atoms with Gasteiger partial charge in [0.15, 0.2) is 0 Å². The van der Waals surface area contributed by atoms with Crippen molar-refractivity contribution in [2.24, 2.45) is 0 Å². The second-order valence-corrected chi connectivity index (χ2v) is 5.01. The normalized spacial score (nSPS) is 10.4. The van der Waals surface area contributed by atoms with Crippen LogP contribution in [-0.4, -0.2) is 16.0 Å². The van der Waals surface area contributed by atoms with Gasteiger partial charge in [0.2, 0.25) is 0 Å². The number of nitro groups is 1. The van der Waals surface area contributed by atoms with Gasteiger partial charge in [-0.2, -0.15) is 0 Å². The fraction of sp³-hybridized carbons (Fsp3) is 0. The fourth-order valence-corrected chi connectivity index (χ4v) is 2.36. The topological polar surface area (TPSA) is 80.4 Å². The lowest BCUT2D eigenvalue weighted by atomic mass is 10.2. The highest BCUT2D eigenvalue weighted by molar-refractivity contribution is 7.99. The molecule has 8 heteroatoms. The number of non-ortho nitro benzene ring substituents is 1. The molecular weight excluding hydrogens is 304 g/mol. The van der Waals surface area contributed by atoms with Gasteiger partial charge in [-0.3, -0.25) is 10.1 Å². The predicted molar refractivity (Wildman–Crippen MR) is 70.5 cm³/mol. The van der Waals surface area contributed by atoms with Crippen molar-refractivity contribution >= 4 is 23.4 Å². The number of nitrogens with zero attached hydrogens (tertiary/aromatic N) is 1. The van der Waals surface area contributed by atoms with E-state index in [2.05, 4.69) is 0 Å². The molecule has 0 aliphatic carbocycles. The minimum absolute atomic E-state index is 0.137. The van der Waals surface area contributed by atoms with E-state index < -0.39 is 28.1 Å². The van der Waals surface area contributed by atoms with E-state index in [-0.39, 0.29) is 10.6 Å². The number of halogens is 2. The molecule has 108 valence electrons. The van der Waals surface area contributed by atoms with Crippen molar-refractivity contribution in [2.45, 2.75) is 9.79 Å². The molecule has 2 aromatic carbocycles. The molecule has 0 spiro atoms. The molecule has 0 aliphatic rings. The summed E-state index contributed by atoms with van der Waals surface area (Å²) in [4.78, 5) is 20.6. The lowest BCUT2D eigenvalue weighted by molar-refractivity contribution is -0.384. The van der Waals surface area contributed by atoms with Gasteiger partial charge in [-0.05, 0) is 24.3 Å². The Kier molecular flexibility index (Phi) is 4.18.